The van der Waals surface area contributed by atoms with Crippen molar-refractivity contribution in [1.82, 2.24) is 24.4 Å². The molecule has 6 nitrogen and oxygen atoms in total. The summed E-state index contributed by atoms with van der Waals surface area (Å²) in [6, 6.07) is 8.85. The summed E-state index contributed by atoms with van der Waals surface area (Å²) in [6.07, 6.45) is 1.12. The molecule has 0 radical (unpaired) electrons. The normalized spacial score (nSPS) is 15.1. The van der Waals surface area contributed by atoms with E-state index in [2.05, 4.69) is 15.0 Å². The number of rotatable bonds is 5. The summed E-state index contributed by atoms with van der Waals surface area (Å²) < 4.78 is 15.7. The molecule has 30 heavy (non-hydrogen) atoms. The number of aromatic nitrogens is 3. The predicted octanol–water partition coefficient (Wildman–Crippen LogP) is 3.07. The molecule has 3 aromatic rings. The first kappa shape index (κ1) is 20.5. The molecule has 3 heterocycles. The Morgan fingerprint density at radius 1 is 1.10 bits per heavy atom. The van der Waals surface area contributed by atoms with Gasteiger partial charge >= 0.3 is 0 Å². The van der Waals surface area contributed by atoms with Crippen molar-refractivity contribution in [2.45, 2.75) is 40.2 Å². The molecule has 0 unspecified atom stereocenters. The Kier molecular flexibility index (Phi) is 5.81. The third-order valence-corrected chi connectivity index (χ3v) is 5.95. The quantitative estimate of drug-likeness (QED) is 0.650. The minimum atomic E-state index is -0.167. The molecule has 7 heteroatoms. The summed E-state index contributed by atoms with van der Waals surface area (Å²) in [5.74, 6) is -0.00390. The second-order valence-corrected chi connectivity index (χ2v) is 8.07. The van der Waals surface area contributed by atoms with E-state index in [1.54, 1.807) is 6.07 Å². The van der Waals surface area contributed by atoms with Crippen LogP contribution in [0.5, 0.6) is 0 Å². The maximum absolute atomic E-state index is 13.9. The highest BCUT2D eigenvalue weighted by atomic mass is 19.1. The van der Waals surface area contributed by atoms with Crippen LogP contribution in [0.1, 0.15) is 34.6 Å². The molecule has 0 aliphatic carbocycles. The highest BCUT2D eigenvalue weighted by molar-refractivity contribution is 5.76. The van der Waals surface area contributed by atoms with Crippen molar-refractivity contribution in [2.24, 2.45) is 0 Å². The summed E-state index contributed by atoms with van der Waals surface area (Å²) in [5.41, 5.74) is 5.60. The van der Waals surface area contributed by atoms with Crippen molar-refractivity contribution in [3.05, 3.63) is 64.4 Å². The zero-order valence-electron chi connectivity index (χ0n) is 17.9. The molecule has 0 spiro atoms. The van der Waals surface area contributed by atoms with Gasteiger partial charge in [0.2, 0.25) is 5.91 Å². The van der Waals surface area contributed by atoms with Gasteiger partial charge in [0.05, 0.1) is 5.69 Å². The van der Waals surface area contributed by atoms with E-state index in [1.807, 2.05) is 48.4 Å². The number of hydrogen-bond acceptors (Lipinski definition) is 4. The monoisotopic (exact) mass is 409 g/mol. The van der Waals surface area contributed by atoms with Crippen molar-refractivity contribution < 1.29 is 9.18 Å². The summed E-state index contributed by atoms with van der Waals surface area (Å²) in [4.78, 5) is 21.6. The van der Waals surface area contributed by atoms with Crippen LogP contribution in [0.4, 0.5) is 4.39 Å². The van der Waals surface area contributed by atoms with E-state index in [1.165, 1.54) is 6.07 Å². The van der Waals surface area contributed by atoms with Crippen LogP contribution in [-0.4, -0.2) is 56.5 Å². The molecule has 1 aliphatic rings. The Labute approximate surface area is 176 Å². The smallest absolute Gasteiger partial charge is 0.222 e. The molecule has 1 aliphatic heterocycles. The van der Waals surface area contributed by atoms with E-state index in [9.17, 15) is 9.18 Å². The molecule has 4 rings (SSSR count). The van der Waals surface area contributed by atoms with E-state index in [0.717, 1.165) is 41.4 Å². The number of nitrogens with zero attached hydrogens (tertiary/aromatic N) is 5. The highest BCUT2D eigenvalue weighted by Gasteiger charge is 2.22. The van der Waals surface area contributed by atoms with Gasteiger partial charge in [0.1, 0.15) is 5.82 Å². The third-order valence-electron chi connectivity index (χ3n) is 5.95. The lowest BCUT2D eigenvalue weighted by Gasteiger charge is -2.35. The summed E-state index contributed by atoms with van der Waals surface area (Å²) in [7, 11) is 0. The van der Waals surface area contributed by atoms with Crippen molar-refractivity contribution in [3.63, 3.8) is 0 Å². The third kappa shape index (κ3) is 4.21. The van der Waals surface area contributed by atoms with E-state index in [-0.39, 0.29) is 11.7 Å². The lowest BCUT2D eigenvalue weighted by Crippen LogP contribution is -2.48. The predicted molar refractivity (Wildman–Crippen MR) is 114 cm³/mol. The first-order chi connectivity index (χ1) is 14.4. The van der Waals surface area contributed by atoms with Crippen LogP contribution >= 0.6 is 0 Å². The summed E-state index contributed by atoms with van der Waals surface area (Å²) in [5, 5.41) is 4.51. The minimum absolute atomic E-state index is 0.163. The van der Waals surface area contributed by atoms with Crippen LogP contribution in [0.25, 0.3) is 5.65 Å². The Morgan fingerprint density at radius 2 is 1.83 bits per heavy atom. The lowest BCUT2D eigenvalue weighted by atomic mass is 10.1. The minimum Gasteiger partial charge on any atom is -0.340 e. The van der Waals surface area contributed by atoms with Gasteiger partial charge in [-0.2, -0.15) is 5.10 Å². The number of hydrogen-bond donors (Lipinski definition) is 0. The van der Waals surface area contributed by atoms with Gasteiger partial charge in [-0.25, -0.2) is 13.9 Å². The standard InChI is InChI=1S/C23H28FN5O/c1-16-14-22-25-17(2)20(18(3)29(22)26-16)8-9-23(30)28-12-10-27(11-13-28)15-19-6-4-5-7-21(19)24/h4-7,14H,8-13,15H2,1-3H3. The largest absolute Gasteiger partial charge is 0.340 e. The zero-order chi connectivity index (χ0) is 21.3. The number of fused-ring (bicyclic) bond motifs is 1. The van der Waals surface area contributed by atoms with E-state index in [4.69, 9.17) is 0 Å². The van der Waals surface area contributed by atoms with Crippen molar-refractivity contribution in [3.8, 4) is 0 Å². The van der Waals surface area contributed by atoms with Gasteiger partial charge in [-0.05, 0) is 38.8 Å². The van der Waals surface area contributed by atoms with Crippen molar-refractivity contribution in [2.75, 3.05) is 26.2 Å². The first-order valence-electron chi connectivity index (χ1n) is 10.5. The summed E-state index contributed by atoms with van der Waals surface area (Å²) in [6.45, 7) is 9.46. The van der Waals surface area contributed by atoms with E-state index < -0.39 is 0 Å². The lowest BCUT2D eigenvalue weighted by molar-refractivity contribution is -0.133. The molecule has 1 fully saturated rings. The molecule has 1 saturated heterocycles. The molecule has 158 valence electrons. The number of benzene rings is 1. The fourth-order valence-electron chi connectivity index (χ4n) is 4.22. The molecule has 0 N–H and O–H groups in total. The first-order valence-corrected chi connectivity index (χ1v) is 10.5. The van der Waals surface area contributed by atoms with Gasteiger partial charge in [-0.15, -0.1) is 0 Å². The number of piperazine rings is 1. The molecule has 1 aromatic carbocycles. The number of amides is 1. The molecule has 1 amide bonds. The van der Waals surface area contributed by atoms with E-state index >= 15 is 0 Å². The second-order valence-electron chi connectivity index (χ2n) is 8.07. The molecule has 0 saturated carbocycles. The van der Waals surface area contributed by atoms with Crippen LogP contribution in [0, 0.1) is 26.6 Å². The number of carbonyl (C=O) groups is 1. The molecular formula is C23H28FN5O. The summed E-state index contributed by atoms with van der Waals surface area (Å²) >= 11 is 0. The SMILES string of the molecule is Cc1cc2nc(C)c(CCC(=O)N3CCN(Cc4ccccc4F)CC3)c(C)n2n1. The van der Waals surface area contributed by atoms with Gasteiger partial charge in [-0.1, -0.05) is 18.2 Å². The highest BCUT2D eigenvalue weighted by Crippen LogP contribution is 2.18. The van der Waals surface area contributed by atoms with Crippen LogP contribution in [0.2, 0.25) is 0 Å². The molecule has 2 aromatic heterocycles. The van der Waals surface area contributed by atoms with Gasteiger partial charge in [0.15, 0.2) is 5.65 Å². The Bertz CT molecular complexity index is 1070. The van der Waals surface area contributed by atoms with Crippen LogP contribution in [0.15, 0.2) is 30.3 Å². The van der Waals surface area contributed by atoms with Gasteiger partial charge in [0.25, 0.3) is 0 Å². The second kappa shape index (κ2) is 8.52. The average molecular weight is 410 g/mol. The molecular weight excluding hydrogens is 381 g/mol. The van der Waals surface area contributed by atoms with Crippen molar-refractivity contribution >= 4 is 11.6 Å². The zero-order valence-corrected chi connectivity index (χ0v) is 17.9. The number of aryl methyl sites for hydroxylation is 3. The van der Waals surface area contributed by atoms with Crippen LogP contribution in [-0.2, 0) is 17.8 Å². The van der Waals surface area contributed by atoms with Crippen LogP contribution < -0.4 is 0 Å². The fourth-order valence-corrected chi connectivity index (χ4v) is 4.22. The fraction of sp³-hybridized carbons (Fsp3) is 0.435. The Balaban J connectivity index is 1.33. The molecule has 0 atom stereocenters. The maximum Gasteiger partial charge on any atom is 0.222 e. The Hall–Kier alpha value is -2.80. The number of halogens is 1. The van der Waals surface area contributed by atoms with Gasteiger partial charge in [-0.3, -0.25) is 9.69 Å². The van der Waals surface area contributed by atoms with Gasteiger partial charge < -0.3 is 4.90 Å². The maximum atomic E-state index is 13.9. The topological polar surface area (TPSA) is 53.7 Å². The average Bonchev–Trinajstić information content (AvgIpc) is 3.10. The van der Waals surface area contributed by atoms with Crippen molar-refractivity contribution in [1.29, 1.82) is 0 Å². The van der Waals surface area contributed by atoms with E-state index in [0.29, 0.717) is 38.0 Å². The van der Waals surface area contributed by atoms with Crippen LogP contribution in [0.3, 0.4) is 0 Å². The van der Waals surface area contributed by atoms with Gasteiger partial charge in [0, 0.05) is 62.2 Å². The number of carbonyl (C=O) groups excluding carboxylic acids is 1. The Morgan fingerprint density at radius 3 is 2.57 bits per heavy atom. The molecule has 0 bridgehead atoms.